The van der Waals surface area contributed by atoms with Gasteiger partial charge in [0.15, 0.2) is 0 Å². The maximum absolute atomic E-state index is 8.92. The predicted octanol–water partition coefficient (Wildman–Crippen LogP) is 2.21. The predicted molar refractivity (Wildman–Crippen MR) is 67.6 cm³/mol. The number of hydrogen-bond acceptors (Lipinski definition) is 5. The molecule has 0 saturated heterocycles. The lowest BCUT2D eigenvalue weighted by Gasteiger charge is -2.13. The molecule has 0 atom stereocenters. The van der Waals surface area contributed by atoms with E-state index in [0.29, 0.717) is 11.3 Å². The van der Waals surface area contributed by atoms with Gasteiger partial charge in [0, 0.05) is 25.8 Å². The SMILES string of the molecule is CN(C)c1cccc(Oc2ncncc2C#N)c1. The molecule has 0 spiro atoms. The summed E-state index contributed by atoms with van der Waals surface area (Å²) in [5, 5.41) is 8.92. The van der Waals surface area contributed by atoms with E-state index in [0.717, 1.165) is 5.69 Å². The van der Waals surface area contributed by atoms with Crippen LogP contribution in [0.25, 0.3) is 0 Å². The Morgan fingerprint density at radius 1 is 1.33 bits per heavy atom. The number of nitrogens with zero attached hydrogens (tertiary/aromatic N) is 4. The highest BCUT2D eigenvalue weighted by atomic mass is 16.5. The van der Waals surface area contributed by atoms with Gasteiger partial charge in [0.05, 0.1) is 6.20 Å². The fourth-order valence-electron chi connectivity index (χ4n) is 1.41. The summed E-state index contributed by atoms with van der Waals surface area (Å²) < 4.78 is 5.59. The van der Waals surface area contributed by atoms with Crippen LogP contribution >= 0.6 is 0 Å². The largest absolute Gasteiger partial charge is 0.437 e. The summed E-state index contributed by atoms with van der Waals surface area (Å²) in [6.45, 7) is 0. The third kappa shape index (κ3) is 2.55. The van der Waals surface area contributed by atoms with Gasteiger partial charge in [-0.3, -0.25) is 0 Å². The molecule has 5 nitrogen and oxygen atoms in total. The van der Waals surface area contributed by atoms with E-state index in [4.69, 9.17) is 10.00 Å². The van der Waals surface area contributed by atoms with Crippen LogP contribution in [0.3, 0.4) is 0 Å². The van der Waals surface area contributed by atoms with Crippen LogP contribution in [0.15, 0.2) is 36.8 Å². The zero-order chi connectivity index (χ0) is 13.0. The van der Waals surface area contributed by atoms with Crippen molar-refractivity contribution in [3.63, 3.8) is 0 Å². The first-order chi connectivity index (χ1) is 8.70. The Bertz CT molecular complexity index is 590. The standard InChI is InChI=1S/C13H12N4O/c1-17(2)11-4-3-5-12(6-11)18-13-10(7-14)8-15-9-16-13/h3-6,8-9H,1-2H3. The molecule has 1 heterocycles. The van der Waals surface area contributed by atoms with E-state index < -0.39 is 0 Å². The number of hydrogen-bond donors (Lipinski definition) is 0. The lowest BCUT2D eigenvalue weighted by molar-refractivity contribution is 0.460. The molecule has 2 rings (SSSR count). The lowest BCUT2D eigenvalue weighted by Crippen LogP contribution is -2.08. The van der Waals surface area contributed by atoms with Gasteiger partial charge in [-0.15, -0.1) is 0 Å². The summed E-state index contributed by atoms with van der Waals surface area (Å²) in [6.07, 6.45) is 2.78. The van der Waals surface area contributed by atoms with Crippen LogP contribution in [0.4, 0.5) is 5.69 Å². The van der Waals surface area contributed by atoms with E-state index in [1.54, 1.807) is 0 Å². The van der Waals surface area contributed by atoms with Gasteiger partial charge in [-0.1, -0.05) is 6.07 Å². The molecule has 0 aliphatic heterocycles. The molecule has 0 saturated carbocycles. The zero-order valence-corrected chi connectivity index (χ0v) is 10.2. The zero-order valence-electron chi connectivity index (χ0n) is 10.2. The van der Waals surface area contributed by atoms with Gasteiger partial charge in [-0.2, -0.15) is 5.26 Å². The van der Waals surface area contributed by atoms with Crippen molar-refractivity contribution in [1.29, 1.82) is 5.26 Å². The summed E-state index contributed by atoms with van der Waals surface area (Å²) in [5.41, 5.74) is 1.33. The molecule has 1 aromatic heterocycles. The van der Waals surface area contributed by atoms with Crippen molar-refractivity contribution in [2.45, 2.75) is 0 Å². The van der Waals surface area contributed by atoms with E-state index in [2.05, 4.69) is 9.97 Å². The minimum absolute atomic E-state index is 0.267. The second-order valence-electron chi connectivity index (χ2n) is 3.85. The third-order valence-electron chi connectivity index (χ3n) is 2.34. The van der Waals surface area contributed by atoms with Crippen LogP contribution < -0.4 is 9.64 Å². The van der Waals surface area contributed by atoms with E-state index in [9.17, 15) is 0 Å². The van der Waals surface area contributed by atoms with Gasteiger partial charge < -0.3 is 9.64 Å². The fraction of sp³-hybridized carbons (Fsp3) is 0.154. The molecule has 18 heavy (non-hydrogen) atoms. The van der Waals surface area contributed by atoms with Gasteiger partial charge in [0.2, 0.25) is 5.88 Å². The molecule has 1 aromatic carbocycles. The molecule has 90 valence electrons. The monoisotopic (exact) mass is 240 g/mol. The van der Waals surface area contributed by atoms with Gasteiger partial charge in [0.1, 0.15) is 23.7 Å². The molecule has 5 heteroatoms. The Labute approximate surface area is 105 Å². The molecule has 0 aliphatic carbocycles. The average molecular weight is 240 g/mol. The van der Waals surface area contributed by atoms with Crippen molar-refractivity contribution < 1.29 is 4.74 Å². The highest BCUT2D eigenvalue weighted by Crippen LogP contribution is 2.25. The second kappa shape index (κ2) is 5.15. The highest BCUT2D eigenvalue weighted by molar-refractivity contribution is 5.50. The quantitative estimate of drug-likeness (QED) is 0.823. The van der Waals surface area contributed by atoms with E-state index in [1.165, 1.54) is 12.5 Å². The Morgan fingerprint density at radius 2 is 2.17 bits per heavy atom. The molecule has 0 aliphatic rings. The third-order valence-corrected chi connectivity index (χ3v) is 2.34. The summed E-state index contributed by atoms with van der Waals surface area (Å²) in [7, 11) is 3.90. The summed E-state index contributed by atoms with van der Waals surface area (Å²) in [6, 6.07) is 9.54. The van der Waals surface area contributed by atoms with Gasteiger partial charge in [-0.25, -0.2) is 9.97 Å². The smallest absolute Gasteiger partial charge is 0.240 e. The lowest BCUT2D eigenvalue weighted by atomic mass is 10.3. The number of anilines is 1. The topological polar surface area (TPSA) is 62.0 Å². The number of benzene rings is 1. The fourth-order valence-corrected chi connectivity index (χ4v) is 1.41. The Kier molecular flexibility index (Phi) is 3.39. The normalized spacial score (nSPS) is 9.61. The molecule has 2 aromatic rings. The number of aromatic nitrogens is 2. The van der Waals surface area contributed by atoms with E-state index in [1.807, 2.05) is 49.3 Å². The maximum Gasteiger partial charge on any atom is 0.240 e. The molecule has 0 radical (unpaired) electrons. The minimum Gasteiger partial charge on any atom is -0.437 e. The maximum atomic E-state index is 8.92. The molecule has 0 N–H and O–H groups in total. The van der Waals surface area contributed by atoms with E-state index >= 15 is 0 Å². The van der Waals surface area contributed by atoms with Crippen LogP contribution in [-0.2, 0) is 0 Å². The average Bonchev–Trinajstić information content (AvgIpc) is 2.39. The summed E-state index contributed by atoms with van der Waals surface area (Å²) in [5.74, 6) is 0.903. The van der Waals surface area contributed by atoms with Crippen molar-refractivity contribution in [2.24, 2.45) is 0 Å². The second-order valence-corrected chi connectivity index (χ2v) is 3.85. The minimum atomic E-state index is 0.267. The summed E-state index contributed by atoms with van der Waals surface area (Å²) in [4.78, 5) is 9.70. The number of rotatable bonds is 3. The van der Waals surface area contributed by atoms with E-state index in [-0.39, 0.29) is 5.88 Å². The molecule has 0 bridgehead atoms. The van der Waals surface area contributed by atoms with Crippen LogP contribution in [0.5, 0.6) is 11.6 Å². The highest BCUT2D eigenvalue weighted by Gasteiger charge is 2.06. The van der Waals surface area contributed by atoms with Crippen LogP contribution in [0.1, 0.15) is 5.56 Å². The molecule has 0 amide bonds. The number of ether oxygens (including phenoxy) is 1. The van der Waals surface area contributed by atoms with Crippen LogP contribution in [-0.4, -0.2) is 24.1 Å². The molecular weight excluding hydrogens is 228 g/mol. The van der Waals surface area contributed by atoms with Crippen molar-refractivity contribution >= 4 is 5.69 Å². The van der Waals surface area contributed by atoms with Crippen molar-refractivity contribution in [2.75, 3.05) is 19.0 Å². The first-order valence-corrected chi connectivity index (χ1v) is 5.36. The van der Waals surface area contributed by atoms with Gasteiger partial charge >= 0.3 is 0 Å². The van der Waals surface area contributed by atoms with Crippen LogP contribution in [0, 0.1) is 11.3 Å². The van der Waals surface area contributed by atoms with Gasteiger partial charge in [-0.05, 0) is 12.1 Å². The van der Waals surface area contributed by atoms with Crippen LogP contribution in [0.2, 0.25) is 0 Å². The van der Waals surface area contributed by atoms with Crippen molar-refractivity contribution in [3.05, 3.63) is 42.4 Å². The first kappa shape index (κ1) is 11.9. The summed E-state index contributed by atoms with van der Waals surface area (Å²) >= 11 is 0. The Hall–Kier alpha value is -2.61. The van der Waals surface area contributed by atoms with Gasteiger partial charge in [0.25, 0.3) is 0 Å². The first-order valence-electron chi connectivity index (χ1n) is 5.36. The number of nitriles is 1. The molecular formula is C13H12N4O. The Morgan fingerprint density at radius 3 is 2.89 bits per heavy atom. The molecule has 0 unspecified atom stereocenters. The van der Waals surface area contributed by atoms with Crippen molar-refractivity contribution in [1.82, 2.24) is 9.97 Å². The van der Waals surface area contributed by atoms with Crippen molar-refractivity contribution in [3.8, 4) is 17.7 Å². The molecule has 0 fully saturated rings. The Balaban J connectivity index is 2.29.